The Morgan fingerprint density at radius 2 is 1.25 bits per heavy atom. The molecule has 0 aliphatic carbocycles. The molecule has 0 amide bonds. The predicted molar refractivity (Wildman–Crippen MR) is 45.6 cm³/mol. The monoisotopic (exact) mass is 243 g/mol. The van der Waals surface area contributed by atoms with E-state index in [0.29, 0.717) is 12.1 Å². The van der Waals surface area contributed by atoms with Crippen molar-refractivity contribution >= 4 is 5.69 Å². The van der Waals surface area contributed by atoms with Gasteiger partial charge in [-0.15, -0.1) is 0 Å². The lowest BCUT2D eigenvalue weighted by molar-refractivity contribution is -0.162. The Labute approximate surface area is 86.9 Å². The standard InChI is InChI=1S/C9H7F6N/c1-4-2-5(8(10,11)12)6(3-7(4)16)9(13,14)15/h2-3H,16H2,1H3. The molecule has 7 heteroatoms. The number of alkyl halides is 6. The Hall–Kier alpha value is -1.40. The van der Waals surface area contributed by atoms with Crippen LogP contribution in [-0.4, -0.2) is 0 Å². The highest BCUT2D eigenvalue weighted by Crippen LogP contribution is 2.41. The van der Waals surface area contributed by atoms with Gasteiger partial charge < -0.3 is 5.73 Å². The van der Waals surface area contributed by atoms with Crippen molar-refractivity contribution in [2.45, 2.75) is 19.3 Å². The van der Waals surface area contributed by atoms with Crippen molar-refractivity contribution in [2.75, 3.05) is 5.73 Å². The summed E-state index contributed by atoms with van der Waals surface area (Å²) in [6.07, 6.45) is -10.1. The molecule has 0 fully saturated rings. The van der Waals surface area contributed by atoms with Gasteiger partial charge in [-0.05, 0) is 24.6 Å². The molecule has 2 N–H and O–H groups in total. The van der Waals surface area contributed by atoms with Crippen LogP contribution in [0.1, 0.15) is 16.7 Å². The van der Waals surface area contributed by atoms with Crippen LogP contribution in [0, 0.1) is 6.92 Å². The molecule has 0 saturated carbocycles. The first-order chi connectivity index (χ1) is 7.03. The minimum absolute atomic E-state index is 0.0414. The van der Waals surface area contributed by atoms with E-state index < -0.39 is 23.5 Å². The zero-order chi connectivity index (χ0) is 12.7. The summed E-state index contributed by atoms with van der Waals surface area (Å²) in [7, 11) is 0. The lowest BCUT2D eigenvalue weighted by atomic mass is 10.0. The van der Waals surface area contributed by atoms with Gasteiger partial charge in [-0.3, -0.25) is 0 Å². The van der Waals surface area contributed by atoms with E-state index in [2.05, 4.69) is 0 Å². The summed E-state index contributed by atoms with van der Waals surface area (Å²) in [6, 6.07) is 0.705. The van der Waals surface area contributed by atoms with Crippen LogP contribution in [0.4, 0.5) is 32.0 Å². The SMILES string of the molecule is Cc1cc(C(F)(F)F)c(C(F)(F)F)cc1N. The Morgan fingerprint density at radius 1 is 0.875 bits per heavy atom. The minimum atomic E-state index is -5.08. The fourth-order valence-electron chi connectivity index (χ4n) is 1.19. The summed E-state index contributed by atoms with van der Waals surface area (Å²) in [4.78, 5) is 0. The molecule has 0 heterocycles. The quantitative estimate of drug-likeness (QED) is 0.546. The number of aryl methyl sites for hydroxylation is 1. The van der Waals surface area contributed by atoms with Crippen LogP contribution in [0.3, 0.4) is 0 Å². The maximum absolute atomic E-state index is 12.3. The van der Waals surface area contributed by atoms with E-state index in [-0.39, 0.29) is 11.3 Å². The molecule has 0 atom stereocenters. The van der Waals surface area contributed by atoms with Crippen LogP contribution >= 0.6 is 0 Å². The highest BCUT2D eigenvalue weighted by Gasteiger charge is 2.43. The lowest BCUT2D eigenvalue weighted by Gasteiger charge is -2.17. The maximum atomic E-state index is 12.3. The van der Waals surface area contributed by atoms with E-state index in [1.54, 1.807) is 0 Å². The zero-order valence-corrected chi connectivity index (χ0v) is 8.00. The van der Waals surface area contributed by atoms with Gasteiger partial charge in [0.2, 0.25) is 0 Å². The summed E-state index contributed by atoms with van der Waals surface area (Å²) in [5, 5.41) is 0. The summed E-state index contributed by atoms with van der Waals surface area (Å²) >= 11 is 0. The van der Waals surface area contributed by atoms with Crippen molar-refractivity contribution in [3.8, 4) is 0 Å². The predicted octanol–water partition coefficient (Wildman–Crippen LogP) is 3.61. The summed E-state index contributed by atoms with van der Waals surface area (Å²) < 4.78 is 74.1. The lowest BCUT2D eigenvalue weighted by Crippen LogP contribution is -2.17. The van der Waals surface area contributed by atoms with Crippen LogP contribution in [0.15, 0.2) is 12.1 Å². The van der Waals surface area contributed by atoms with Crippen LogP contribution in [0.2, 0.25) is 0 Å². The first-order valence-electron chi connectivity index (χ1n) is 4.08. The smallest absolute Gasteiger partial charge is 0.399 e. The summed E-state index contributed by atoms with van der Waals surface area (Å²) in [5.41, 5.74) is 1.32. The topological polar surface area (TPSA) is 26.0 Å². The van der Waals surface area contributed by atoms with Crippen LogP contribution in [0.5, 0.6) is 0 Å². The molecule has 1 aromatic carbocycles. The molecule has 0 bridgehead atoms. The van der Waals surface area contributed by atoms with Crippen LogP contribution < -0.4 is 5.73 Å². The van der Waals surface area contributed by atoms with E-state index in [9.17, 15) is 26.3 Å². The minimum Gasteiger partial charge on any atom is -0.399 e. The molecule has 0 radical (unpaired) electrons. The van der Waals surface area contributed by atoms with Gasteiger partial charge in [-0.2, -0.15) is 26.3 Å². The molecule has 0 aromatic heterocycles. The molecule has 16 heavy (non-hydrogen) atoms. The van der Waals surface area contributed by atoms with Crippen LogP contribution in [-0.2, 0) is 12.4 Å². The molecule has 90 valence electrons. The largest absolute Gasteiger partial charge is 0.417 e. The fraction of sp³-hybridized carbons (Fsp3) is 0.333. The first-order valence-corrected chi connectivity index (χ1v) is 4.08. The molecule has 0 spiro atoms. The van der Waals surface area contributed by atoms with E-state index >= 15 is 0 Å². The zero-order valence-electron chi connectivity index (χ0n) is 8.00. The number of hydrogen-bond donors (Lipinski definition) is 1. The van der Waals surface area contributed by atoms with Crippen LogP contribution in [0.25, 0.3) is 0 Å². The first kappa shape index (κ1) is 12.7. The number of nitrogens with two attached hydrogens (primary N) is 1. The molecular formula is C9H7F6N. The fourth-order valence-corrected chi connectivity index (χ4v) is 1.19. The van der Waals surface area contributed by atoms with E-state index in [0.717, 1.165) is 0 Å². The molecular weight excluding hydrogens is 236 g/mol. The van der Waals surface area contributed by atoms with Gasteiger partial charge in [-0.1, -0.05) is 0 Å². The second-order valence-electron chi connectivity index (χ2n) is 3.25. The number of hydrogen-bond acceptors (Lipinski definition) is 1. The normalized spacial score (nSPS) is 12.9. The van der Waals surface area contributed by atoms with Gasteiger partial charge >= 0.3 is 12.4 Å². The molecule has 1 nitrogen and oxygen atoms in total. The molecule has 0 aliphatic heterocycles. The second-order valence-corrected chi connectivity index (χ2v) is 3.25. The third-order valence-electron chi connectivity index (χ3n) is 2.02. The number of nitrogen functional groups attached to an aromatic ring is 1. The van der Waals surface area contributed by atoms with Crippen molar-refractivity contribution in [1.82, 2.24) is 0 Å². The Morgan fingerprint density at radius 3 is 1.62 bits per heavy atom. The highest BCUT2D eigenvalue weighted by molar-refractivity contribution is 5.53. The van der Waals surface area contributed by atoms with Crippen molar-refractivity contribution in [3.63, 3.8) is 0 Å². The maximum Gasteiger partial charge on any atom is 0.417 e. The third kappa shape index (κ3) is 2.40. The van der Waals surface area contributed by atoms with Gasteiger partial charge in [0.1, 0.15) is 0 Å². The van der Waals surface area contributed by atoms with Gasteiger partial charge in [-0.25, -0.2) is 0 Å². The van der Waals surface area contributed by atoms with Gasteiger partial charge in [0.25, 0.3) is 0 Å². The Bertz CT molecular complexity index is 365. The third-order valence-corrected chi connectivity index (χ3v) is 2.02. The van der Waals surface area contributed by atoms with Crippen molar-refractivity contribution in [3.05, 3.63) is 28.8 Å². The van der Waals surface area contributed by atoms with Crippen molar-refractivity contribution < 1.29 is 26.3 Å². The number of halogens is 6. The number of anilines is 1. The molecule has 1 rings (SSSR count). The number of rotatable bonds is 0. The van der Waals surface area contributed by atoms with E-state index in [1.165, 1.54) is 6.92 Å². The Balaban J connectivity index is 3.53. The van der Waals surface area contributed by atoms with E-state index in [1.807, 2.05) is 0 Å². The average molecular weight is 243 g/mol. The summed E-state index contributed by atoms with van der Waals surface area (Å²) in [6.45, 7) is 1.21. The summed E-state index contributed by atoms with van der Waals surface area (Å²) in [5.74, 6) is 0. The van der Waals surface area contributed by atoms with E-state index in [4.69, 9.17) is 5.73 Å². The second kappa shape index (κ2) is 3.57. The molecule has 0 saturated heterocycles. The van der Waals surface area contributed by atoms with Gasteiger partial charge in [0, 0.05) is 5.69 Å². The molecule has 0 aliphatic rings. The molecule has 0 unspecified atom stereocenters. The molecule has 1 aromatic rings. The highest BCUT2D eigenvalue weighted by atomic mass is 19.4. The van der Waals surface area contributed by atoms with Crippen molar-refractivity contribution in [2.24, 2.45) is 0 Å². The van der Waals surface area contributed by atoms with Gasteiger partial charge in [0.15, 0.2) is 0 Å². The van der Waals surface area contributed by atoms with Crippen molar-refractivity contribution in [1.29, 1.82) is 0 Å². The Kier molecular flexibility index (Phi) is 2.82. The van der Waals surface area contributed by atoms with Gasteiger partial charge in [0.05, 0.1) is 11.1 Å². The average Bonchev–Trinajstić information content (AvgIpc) is 2.05. The number of benzene rings is 1.